The Labute approximate surface area is 663 Å². The fraction of sp³-hybridized carbons (Fsp3) is 0.317. The van der Waals surface area contributed by atoms with Crippen LogP contribution in [0.4, 0.5) is 23.3 Å². The molecule has 32 heteroatoms. The van der Waals surface area contributed by atoms with Crippen LogP contribution in [0.1, 0.15) is 55.9 Å². The summed E-state index contributed by atoms with van der Waals surface area (Å²) in [5.41, 5.74) is 11.9. The van der Waals surface area contributed by atoms with Crippen LogP contribution in [0.25, 0.3) is 66.6 Å². The number of aromatic nitrogens is 12. The van der Waals surface area contributed by atoms with E-state index in [4.69, 9.17) is 18.9 Å². The number of anilines is 4. The fourth-order valence-electron chi connectivity index (χ4n) is 13.8. The van der Waals surface area contributed by atoms with E-state index in [0.29, 0.717) is 157 Å². The van der Waals surface area contributed by atoms with E-state index in [0.717, 1.165) is 95.6 Å². The molecule has 0 amide bonds. The van der Waals surface area contributed by atoms with Gasteiger partial charge in [0.2, 0.25) is 0 Å². The van der Waals surface area contributed by atoms with Crippen molar-refractivity contribution in [3.05, 3.63) is 169 Å². The van der Waals surface area contributed by atoms with Crippen molar-refractivity contribution in [3.8, 4) is 91.8 Å². The predicted molar refractivity (Wildman–Crippen MR) is 453 cm³/mol. The molecule has 0 radical (unpaired) electrons. The summed E-state index contributed by atoms with van der Waals surface area (Å²) in [6.07, 6.45) is 23.0. The van der Waals surface area contributed by atoms with Gasteiger partial charge in [-0.25, -0.2) is 38.0 Å². The lowest BCUT2D eigenvalue weighted by molar-refractivity contribution is 0.241. The minimum atomic E-state index is -1.94. The van der Waals surface area contributed by atoms with E-state index in [9.17, 15) is 37.9 Å². The molecule has 17 rings (SSSR count). The molecule has 12 aromatic heterocycles. The van der Waals surface area contributed by atoms with Crippen molar-refractivity contribution in [2.45, 2.75) is 39.7 Å². The van der Waals surface area contributed by atoms with E-state index in [-0.39, 0.29) is 6.10 Å². The molecule has 5 fully saturated rings. The van der Waals surface area contributed by atoms with Gasteiger partial charge in [0.15, 0.2) is 0 Å². The van der Waals surface area contributed by atoms with Crippen LogP contribution in [0, 0.1) is 51.2 Å². The maximum atomic E-state index is 12.1. The van der Waals surface area contributed by atoms with Crippen LogP contribution in [0.3, 0.4) is 0 Å². The molecule has 12 aromatic rings. The molecule has 0 aromatic carbocycles. The number of rotatable bonds is 16. The van der Waals surface area contributed by atoms with Gasteiger partial charge in [-0.15, -0.1) is 0 Å². The van der Waals surface area contributed by atoms with Gasteiger partial charge >= 0.3 is 0 Å². The zero-order chi connectivity index (χ0) is 80.1. The number of nitrogens with zero attached hydrogens (tertiary/aromatic N) is 20. The highest BCUT2D eigenvalue weighted by Crippen LogP contribution is 2.38. The Morgan fingerprint density at radius 1 is 0.412 bits per heavy atom. The molecule has 0 N–H and O–H groups in total. The summed E-state index contributed by atoms with van der Waals surface area (Å²) >= 11 is 0. The second-order valence-corrected chi connectivity index (χ2v) is 39.8. The Hall–Kier alpha value is -12.2. The van der Waals surface area contributed by atoms with Crippen LogP contribution in [-0.2, 0) is 38.1 Å². The molecule has 0 unspecified atom stereocenters. The average molecular weight is 1610 g/mol. The first kappa shape index (κ1) is 78.5. The second kappa shape index (κ2) is 33.2. The lowest BCUT2D eigenvalue weighted by Gasteiger charge is -2.29. The molecule has 5 aliphatic rings. The third-order valence-electron chi connectivity index (χ3n) is 20.3. The molecule has 28 nitrogen and oxygen atoms in total. The maximum Gasteiger partial charge on any atom is 0.138 e. The molecule has 0 spiro atoms. The van der Waals surface area contributed by atoms with Crippen molar-refractivity contribution in [1.82, 2.24) is 58.4 Å². The zero-order valence-electron chi connectivity index (χ0n) is 63.8. The van der Waals surface area contributed by atoms with Crippen LogP contribution in [-0.4, -0.2) is 224 Å². The summed E-state index contributed by atoms with van der Waals surface area (Å²) in [5, 5.41) is 55.0. The van der Waals surface area contributed by atoms with Gasteiger partial charge in [0.25, 0.3) is 0 Å². The molecule has 1 saturated carbocycles. The number of pyridine rings is 8. The van der Waals surface area contributed by atoms with Gasteiger partial charge in [-0.05, 0) is 174 Å². The van der Waals surface area contributed by atoms with Gasteiger partial charge in [-0.2, -0.15) is 41.4 Å². The molecule has 16 heterocycles. The van der Waals surface area contributed by atoms with Crippen LogP contribution in [0.15, 0.2) is 147 Å². The lowest BCUT2D eigenvalue weighted by Crippen LogP contribution is -2.40. The molecule has 586 valence electrons. The number of methoxy groups -OCH3 is 1. The van der Waals surface area contributed by atoms with Gasteiger partial charge in [0.1, 0.15) is 70.5 Å². The molecule has 114 heavy (non-hydrogen) atoms. The Balaban J connectivity index is 0.000000126. The number of fused-ring (bicyclic) bond motifs is 4. The Morgan fingerprint density at radius 3 is 0.939 bits per heavy atom. The smallest absolute Gasteiger partial charge is 0.138 e. The highest BCUT2D eigenvalue weighted by Gasteiger charge is 2.27. The minimum Gasteiger partial charge on any atom is -0.495 e. The normalized spacial score (nSPS) is 16.7. The molecular formula is C82H86N20O8S4. The summed E-state index contributed by atoms with van der Waals surface area (Å²) in [4.78, 5) is 27.0. The third kappa shape index (κ3) is 18.0. The first-order valence-corrected chi connectivity index (χ1v) is 45.4. The maximum absolute atomic E-state index is 12.1. The largest absolute Gasteiger partial charge is 0.495 e. The first-order valence-electron chi connectivity index (χ1n) is 37.2. The standard InChI is InChI=1S/C22H23N5O2S.C21H23N5O2S.C20H21N5O2S.C19H19N5O2S/c1-30(28)8-6-26(7-9-30)21-5-4-17(12-24-21)20-10-19(29-15-16-2-3-16)14-27-22(20)18(11-23)13-25-27;1-15(2)28-18-10-19(21-17(11-22)13-24-26(21)14-18)16-4-5-20(23-12-16)25-6-8-29(3,27)9-7-25;1-3-27-17-10-18(20-16(11-21)13-23-25(20)14-17)15-4-5-19(22-12-15)24-6-8-28(2,26)9-7-24;1-26-16-9-17(19-15(10-20)12-22-24(19)13-16)14-3-4-18(21-11-14)23-5-7-27(2,25)8-6-23/h4-5,10,12-14,16H,1-3,6-9,15H2;4-5,10,12-15H,3,6-9H2,1-2H3;4-5,10,12-14H,2-3,6-9H2,1H3;3-4,9,11-13H,2,5-8H2,1H3. The molecule has 4 aliphatic heterocycles. The molecular weight excluding hydrogens is 1520 g/mol. The van der Waals surface area contributed by atoms with Crippen LogP contribution in [0.2, 0.25) is 0 Å². The highest BCUT2D eigenvalue weighted by atomic mass is 32.2. The quantitative estimate of drug-likeness (QED) is 0.0813. The highest BCUT2D eigenvalue weighted by molar-refractivity contribution is 8.01. The van der Waals surface area contributed by atoms with Crippen molar-refractivity contribution >= 4 is 107 Å². The Kier molecular flexibility index (Phi) is 22.9. The lowest BCUT2D eigenvalue weighted by atomic mass is 10.1. The molecule has 1 aliphatic carbocycles. The summed E-state index contributed by atoms with van der Waals surface area (Å²) in [5.74, 6) is 26.8. The van der Waals surface area contributed by atoms with Crippen molar-refractivity contribution in [1.29, 1.82) is 21.0 Å². The summed E-state index contributed by atoms with van der Waals surface area (Å²) in [6.45, 7) is 12.7. The van der Waals surface area contributed by atoms with Crippen LogP contribution in [0.5, 0.6) is 23.0 Å². The summed E-state index contributed by atoms with van der Waals surface area (Å²) in [6, 6.07) is 32.3. The van der Waals surface area contributed by atoms with Crippen molar-refractivity contribution in [2.24, 2.45) is 5.92 Å². The number of nitriles is 4. The van der Waals surface area contributed by atoms with Gasteiger partial charge < -0.3 is 38.5 Å². The second-order valence-electron chi connectivity index (χ2n) is 28.8. The Morgan fingerprint density at radius 2 is 0.684 bits per heavy atom. The van der Waals surface area contributed by atoms with Crippen molar-refractivity contribution in [3.63, 3.8) is 0 Å². The predicted octanol–water partition coefficient (Wildman–Crippen LogP) is 9.20. The van der Waals surface area contributed by atoms with E-state index < -0.39 is 38.1 Å². The first-order chi connectivity index (χ1) is 54.9. The number of hydrogen-bond acceptors (Lipinski definition) is 24. The SMILES string of the molecule is C=S1(=O)CCN(c2ccc(-c3cc(OC(C)C)cn4ncc(C#N)c34)cn2)CC1.C=S1(=O)CCN(c2ccc(-c3cc(OC)cn4ncc(C#N)c34)cn2)CC1.C=S1(=O)CCN(c2ccc(-c3cc(OCC)cn4ncc(C#N)c34)cn2)CC1.C=S1(=O)CCN(c2ccc(-c3cc(OCC4CC4)cn4ncc(C#N)c34)cn2)CC1. The monoisotopic (exact) mass is 1610 g/mol. The van der Waals surface area contributed by atoms with E-state index in [1.165, 1.54) is 12.8 Å². The van der Waals surface area contributed by atoms with E-state index in [1.807, 2.05) is 106 Å². The molecule has 4 saturated heterocycles. The van der Waals surface area contributed by atoms with E-state index in [1.54, 1.807) is 87.1 Å². The zero-order valence-corrected chi connectivity index (χ0v) is 67.1. The van der Waals surface area contributed by atoms with Gasteiger partial charge in [-0.1, -0.05) is 0 Å². The van der Waals surface area contributed by atoms with Crippen molar-refractivity contribution in [2.75, 3.05) is 138 Å². The average Bonchev–Trinajstić information content (AvgIpc) is 1.63. The minimum absolute atomic E-state index is 0.0224. The summed E-state index contributed by atoms with van der Waals surface area (Å²) in [7, 11) is -6.15. The van der Waals surface area contributed by atoms with Crippen LogP contribution < -0.4 is 38.5 Å². The fourth-order valence-corrected chi connectivity index (χ4v) is 19.0. The van der Waals surface area contributed by atoms with Crippen LogP contribution >= 0.6 is 0 Å². The van der Waals surface area contributed by atoms with E-state index in [2.05, 4.69) is 108 Å². The van der Waals surface area contributed by atoms with E-state index >= 15 is 0 Å². The van der Waals surface area contributed by atoms with Gasteiger partial charge in [0, 0.05) is 168 Å². The van der Waals surface area contributed by atoms with Crippen molar-refractivity contribution < 1.29 is 35.8 Å². The Bertz CT molecular complexity index is 6200. The topological polar surface area (TPSA) is 334 Å². The third-order valence-corrected chi connectivity index (χ3v) is 27.7. The molecule has 0 bridgehead atoms. The molecule has 0 atom stereocenters. The number of hydrogen-bond donors (Lipinski definition) is 0. The summed E-state index contributed by atoms with van der Waals surface area (Å²) < 4.78 is 77.8. The number of ether oxygens (including phenoxy) is 4. The van der Waals surface area contributed by atoms with Gasteiger partial charge in [-0.3, -0.25) is 16.8 Å². The van der Waals surface area contributed by atoms with Gasteiger partial charge in [0.05, 0.1) is 120 Å².